The van der Waals surface area contributed by atoms with E-state index >= 15 is 0 Å². The molecule has 0 unspecified atom stereocenters. The van der Waals surface area contributed by atoms with Crippen LogP contribution in [-0.2, 0) is 5.75 Å². The summed E-state index contributed by atoms with van der Waals surface area (Å²) < 4.78 is 2.17. The third-order valence-electron chi connectivity index (χ3n) is 3.45. The normalized spacial score (nSPS) is 11.0. The molecule has 136 valence electrons. The van der Waals surface area contributed by atoms with Crippen LogP contribution in [0.5, 0.6) is 0 Å². The summed E-state index contributed by atoms with van der Waals surface area (Å²) in [5.74, 6) is 0.141. The van der Waals surface area contributed by atoms with Gasteiger partial charge in [0, 0.05) is 23.4 Å². The fraction of sp³-hybridized carbons (Fsp3) is 0.0625. The predicted octanol–water partition coefficient (Wildman–Crippen LogP) is 3.81. The minimum absolute atomic E-state index is 0.109. The lowest BCUT2D eigenvalue weighted by molar-refractivity contribution is 0.102. The van der Waals surface area contributed by atoms with Crippen molar-refractivity contribution in [1.82, 2.24) is 19.6 Å². The number of hydrogen-bond acceptors (Lipinski definition) is 8. The Morgan fingerprint density at radius 3 is 3.00 bits per heavy atom. The van der Waals surface area contributed by atoms with Crippen molar-refractivity contribution >= 4 is 62.0 Å². The van der Waals surface area contributed by atoms with Crippen molar-refractivity contribution in [2.24, 2.45) is 0 Å². The molecule has 4 aromatic rings. The van der Waals surface area contributed by atoms with Crippen LogP contribution in [0.4, 0.5) is 5.13 Å². The smallest absolute Gasteiger partial charge is 0.259 e. The Kier molecular flexibility index (Phi) is 5.21. The standard InChI is InChI=1S/C16H10ClN5O2S3/c17-11-4-2-1-3-10(11)13(24)19-14-20-21-16(27-14)26-8-9-7-12(23)22-5-6-25-15(22)18-9/h1-7H,8H2,(H,19,20,24). The number of nitrogens with one attached hydrogen (secondary N) is 1. The number of carbonyl (C=O) groups excluding carboxylic acids is 1. The maximum Gasteiger partial charge on any atom is 0.259 e. The molecular formula is C16H10ClN5O2S3. The Morgan fingerprint density at radius 1 is 1.30 bits per heavy atom. The van der Waals surface area contributed by atoms with Gasteiger partial charge in [-0.05, 0) is 12.1 Å². The average molecular weight is 436 g/mol. The predicted molar refractivity (Wildman–Crippen MR) is 108 cm³/mol. The van der Waals surface area contributed by atoms with Crippen molar-refractivity contribution in [3.63, 3.8) is 0 Å². The zero-order valence-corrected chi connectivity index (χ0v) is 16.7. The second-order valence-electron chi connectivity index (χ2n) is 5.24. The van der Waals surface area contributed by atoms with Gasteiger partial charge in [0.25, 0.3) is 11.5 Å². The molecule has 4 rings (SSSR count). The maximum atomic E-state index is 12.3. The molecule has 7 nitrogen and oxygen atoms in total. The molecule has 0 fully saturated rings. The highest BCUT2D eigenvalue weighted by Gasteiger charge is 2.13. The van der Waals surface area contributed by atoms with Crippen LogP contribution in [0.1, 0.15) is 16.1 Å². The number of hydrogen-bond donors (Lipinski definition) is 1. The first-order chi connectivity index (χ1) is 13.1. The van der Waals surface area contributed by atoms with Crippen molar-refractivity contribution in [2.75, 3.05) is 5.32 Å². The first-order valence-corrected chi connectivity index (χ1v) is 10.6. The Bertz CT molecular complexity index is 1190. The van der Waals surface area contributed by atoms with Gasteiger partial charge in [-0.1, -0.05) is 46.8 Å². The summed E-state index contributed by atoms with van der Waals surface area (Å²) in [7, 11) is 0. The molecule has 27 heavy (non-hydrogen) atoms. The number of aromatic nitrogens is 4. The Labute approximate surface area is 170 Å². The first kappa shape index (κ1) is 18.1. The van der Waals surface area contributed by atoms with Gasteiger partial charge in [0.05, 0.1) is 16.3 Å². The SMILES string of the molecule is O=C(Nc1nnc(SCc2cc(=O)n3ccsc3n2)s1)c1ccccc1Cl. The van der Waals surface area contributed by atoms with E-state index in [0.717, 1.165) is 0 Å². The second-order valence-corrected chi connectivity index (χ2v) is 8.72. The van der Waals surface area contributed by atoms with Gasteiger partial charge in [-0.15, -0.1) is 21.5 Å². The molecule has 1 aromatic carbocycles. The van der Waals surface area contributed by atoms with E-state index in [4.69, 9.17) is 11.6 Å². The number of halogens is 1. The lowest BCUT2D eigenvalue weighted by Crippen LogP contribution is -2.12. The fourth-order valence-corrected chi connectivity index (χ4v) is 4.83. The van der Waals surface area contributed by atoms with E-state index in [1.165, 1.54) is 44.9 Å². The molecule has 11 heteroatoms. The highest BCUT2D eigenvalue weighted by Crippen LogP contribution is 2.28. The minimum atomic E-state index is -0.342. The van der Waals surface area contributed by atoms with Gasteiger partial charge in [0.2, 0.25) is 5.13 Å². The molecule has 0 aliphatic heterocycles. The van der Waals surface area contributed by atoms with E-state index in [0.29, 0.717) is 36.5 Å². The number of thioether (sulfide) groups is 1. The highest BCUT2D eigenvalue weighted by molar-refractivity contribution is 8.00. The van der Waals surface area contributed by atoms with Crippen molar-refractivity contribution in [3.8, 4) is 0 Å². The molecule has 0 bridgehead atoms. The summed E-state index contributed by atoms with van der Waals surface area (Å²) in [6, 6.07) is 8.29. The van der Waals surface area contributed by atoms with Crippen molar-refractivity contribution in [2.45, 2.75) is 10.1 Å². The van der Waals surface area contributed by atoms with Gasteiger partial charge >= 0.3 is 0 Å². The van der Waals surface area contributed by atoms with Crippen molar-refractivity contribution in [3.05, 3.63) is 68.5 Å². The zero-order chi connectivity index (χ0) is 18.8. The number of thiazole rings is 1. The van der Waals surface area contributed by atoms with Crippen LogP contribution >= 0.6 is 46.0 Å². The van der Waals surface area contributed by atoms with E-state index in [1.54, 1.807) is 30.5 Å². The molecule has 0 saturated heterocycles. The minimum Gasteiger partial charge on any atom is -0.296 e. The summed E-state index contributed by atoms with van der Waals surface area (Å²) in [5.41, 5.74) is 0.934. The zero-order valence-electron chi connectivity index (χ0n) is 13.5. The van der Waals surface area contributed by atoms with E-state index in [9.17, 15) is 9.59 Å². The number of anilines is 1. The Morgan fingerprint density at radius 2 is 2.15 bits per heavy atom. The van der Waals surface area contributed by atoms with E-state index < -0.39 is 0 Å². The van der Waals surface area contributed by atoms with Gasteiger partial charge in [0.1, 0.15) is 0 Å². The summed E-state index contributed by atoms with van der Waals surface area (Å²) in [5, 5.41) is 13.3. The lowest BCUT2D eigenvalue weighted by atomic mass is 10.2. The molecule has 0 aliphatic rings. The lowest BCUT2D eigenvalue weighted by Gasteiger charge is -2.02. The van der Waals surface area contributed by atoms with E-state index in [1.807, 2.05) is 5.38 Å². The van der Waals surface area contributed by atoms with Crippen molar-refractivity contribution in [1.29, 1.82) is 0 Å². The number of rotatable bonds is 5. The Balaban J connectivity index is 1.42. The molecule has 0 atom stereocenters. The van der Waals surface area contributed by atoms with Gasteiger partial charge in [-0.25, -0.2) is 4.98 Å². The molecule has 3 aromatic heterocycles. The van der Waals surface area contributed by atoms with Crippen LogP contribution in [0, 0.1) is 0 Å². The van der Waals surface area contributed by atoms with Crippen LogP contribution < -0.4 is 10.9 Å². The third kappa shape index (κ3) is 4.03. The monoisotopic (exact) mass is 435 g/mol. The summed E-state index contributed by atoms with van der Waals surface area (Å²) in [4.78, 5) is 29.4. The van der Waals surface area contributed by atoms with Crippen LogP contribution in [0.25, 0.3) is 4.96 Å². The number of benzene rings is 1. The third-order valence-corrected chi connectivity index (χ3v) is 6.54. The largest absolute Gasteiger partial charge is 0.296 e. The van der Waals surface area contributed by atoms with Gasteiger partial charge in [-0.3, -0.25) is 19.3 Å². The number of amides is 1. The maximum absolute atomic E-state index is 12.3. The molecule has 0 spiro atoms. The molecular weight excluding hydrogens is 426 g/mol. The number of carbonyl (C=O) groups is 1. The number of fused-ring (bicyclic) bond motifs is 1. The van der Waals surface area contributed by atoms with Crippen LogP contribution in [-0.4, -0.2) is 25.5 Å². The van der Waals surface area contributed by atoms with E-state index in [-0.39, 0.29) is 11.5 Å². The first-order valence-electron chi connectivity index (χ1n) is 7.58. The van der Waals surface area contributed by atoms with Crippen LogP contribution in [0.2, 0.25) is 5.02 Å². The molecule has 1 amide bonds. The average Bonchev–Trinajstić information content (AvgIpc) is 3.30. The second kappa shape index (κ2) is 7.77. The number of nitrogens with zero attached hydrogens (tertiary/aromatic N) is 4. The summed E-state index contributed by atoms with van der Waals surface area (Å²) in [6.45, 7) is 0. The molecule has 1 N–H and O–H groups in total. The van der Waals surface area contributed by atoms with Crippen LogP contribution in [0.15, 0.2) is 51.0 Å². The molecule has 3 heterocycles. The van der Waals surface area contributed by atoms with Gasteiger partial charge in [0.15, 0.2) is 9.30 Å². The fourth-order valence-electron chi connectivity index (χ4n) is 2.23. The molecule has 0 aliphatic carbocycles. The van der Waals surface area contributed by atoms with Crippen molar-refractivity contribution < 1.29 is 4.79 Å². The summed E-state index contributed by atoms with van der Waals surface area (Å²) in [6.07, 6.45) is 1.70. The summed E-state index contributed by atoms with van der Waals surface area (Å²) >= 11 is 10.1. The van der Waals surface area contributed by atoms with Crippen LogP contribution in [0.3, 0.4) is 0 Å². The topological polar surface area (TPSA) is 89.2 Å². The molecule has 0 radical (unpaired) electrons. The van der Waals surface area contributed by atoms with Gasteiger partial charge in [-0.2, -0.15) is 0 Å². The molecule has 0 saturated carbocycles. The Hall–Kier alpha value is -2.27. The van der Waals surface area contributed by atoms with Gasteiger partial charge < -0.3 is 0 Å². The quantitative estimate of drug-likeness (QED) is 0.378. The van der Waals surface area contributed by atoms with E-state index in [2.05, 4.69) is 20.5 Å². The highest BCUT2D eigenvalue weighted by atomic mass is 35.5.